The van der Waals surface area contributed by atoms with Gasteiger partial charge in [-0.2, -0.15) is 4.72 Å². The van der Waals surface area contributed by atoms with Gasteiger partial charge in [0, 0.05) is 5.38 Å². The quantitative estimate of drug-likeness (QED) is 0.390. The standard InChI is InChI=1S/C21H17FN2O5S2/c1-2-10-23-31(26,27)19-5-3-4-15(11-19)21(25)29-12-17-14-30-20(24-17)13-28-18-8-6-16(22)7-9-18/h1,3-9,11,14,23H,10,12-13H2. The molecule has 3 rings (SSSR count). The lowest BCUT2D eigenvalue weighted by atomic mass is 10.2. The molecule has 0 unspecified atom stereocenters. The molecule has 0 atom stereocenters. The maximum atomic E-state index is 12.9. The number of carbonyl (C=O) groups excluding carboxylic acids is 1. The third kappa shape index (κ3) is 6.36. The summed E-state index contributed by atoms with van der Waals surface area (Å²) in [7, 11) is -3.82. The summed E-state index contributed by atoms with van der Waals surface area (Å²) in [4.78, 5) is 16.5. The van der Waals surface area contributed by atoms with Crippen LogP contribution in [-0.2, 0) is 28.0 Å². The first-order valence-corrected chi connectivity index (χ1v) is 11.3. The molecule has 1 N–H and O–H groups in total. The lowest BCUT2D eigenvalue weighted by molar-refractivity contribution is 0.0468. The number of sulfonamides is 1. The maximum absolute atomic E-state index is 12.9. The fourth-order valence-electron chi connectivity index (χ4n) is 2.39. The number of thiazole rings is 1. The van der Waals surface area contributed by atoms with E-state index in [1.54, 1.807) is 5.38 Å². The number of ether oxygens (including phenoxy) is 2. The smallest absolute Gasteiger partial charge is 0.338 e. The number of hydrogen-bond acceptors (Lipinski definition) is 7. The molecule has 160 valence electrons. The Labute approximate surface area is 182 Å². The van der Waals surface area contributed by atoms with Crippen LogP contribution in [0, 0.1) is 18.2 Å². The van der Waals surface area contributed by atoms with Gasteiger partial charge in [0.05, 0.1) is 22.7 Å². The summed E-state index contributed by atoms with van der Waals surface area (Å²) < 4.78 is 50.1. The van der Waals surface area contributed by atoms with Gasteiger partial charge in [0.25, 0.3) is 0 Å². The van der Waals surface area contributed by atoms with Gasteiger partial charge in [-0.05, 0) is 42.5 Å². The molecule has 0 spiro atoms. The van der Waals surface area contributed by atoms with E-state index < -0.39 is 16.0 Å². The molecule has 0 saturated heterocycles. The first kappa shape index (κ1) is 22.4. The topological polar surface area (TPSA) is 94.6 Å². The number of terminal acetylenes is 1. The minimum absolute atomic E-state index is 0.0821. The highest BCUT2D eigenvalue weighted by atomic mass is 32.2. The van der Waals surface area contributed by atoms with E-state index in [1.807, 2.05) is 0 Å². The summed E-state index contributed by atoms with van der Waals surface area (Å²) >= 11 is 1.33. The van der Waals surface area contributed by atoms with E-state index in [4.69, 9.17) is 15.9 Å². The third-order valence-corrected chi connectivity index (χ3v) is 6.14. The molecule has 0 fully saturated rings. The average molecular weight is 461 g/mol. The van der Waals surface area contributed by atoms with Gasteiger partial charge in [-0.15, -0.1) is 17.8 Å². The Morgan fingerprint density at radius 1 is 1.19 bits per heavy atom. The normalized spacial score (nSPS) is 11.0. The fraction of sp³-hybridized carbons (Fsp3) is 0.143. The van der Waals surface area contributed by atoms with Gasteiger partial charge in [-0.1, -0.05) is 12.0 Å². The summed E-state index contributed by atoms with van der Waals surface area (Å²) in [5.74, 6) is 1.65. The van der Waals surface area contributed by atoms with E-state index in [-0.39, 0.29) is 36.0 Å². The molecule has 0 bridgehead atoms. The zero-order chi connectivity index (χ0) is 22.3. The number of esters is 1. The summed E-state index contributed by atoms with van der Waals surface area (Å²) in [6, 6.07) is 11.1. The maximum Gasteiger partial charge on any atom is 0.338 e. The van der Waals surface area contributed by atoms with Crippen molar-refractivity contribution < 1.29 is 27.1 Å². The zero-order valence-corrected chi connectivity index (χ0v) is 17.7. The van der Waals surface area contributed by atoms with Crippen LogP contribution in [-0.4, -0.2) is 25.9 Å². The van der Waals surface area contributed by atoms with Gasteiger partial charge in [0.15, 0.2) is 0 Å². The predicted molar refractivity (Wildman–Crippen MR) is 112 cm³/mol. The number of hydrogen-bond donors (Lipinski definition) is 1. The Kier molecular flexibility index (Phi) is 7.36. The molecule has 2 aromatic carbocycles. The van der Waals surface area contributed by atoms with Crippen LogP contribution in [0.4, 0.5) is 4.39 Å². The Balaban J connectivity index is 1.56. The number of benzene rings is 2. The minimum Gasteiger partial charge on any atom is -0.486 e. The van der Waals surface area contributed by atoms with Crippen LogP contribution >= 0.6 is 11.3 Å². The van der Waals surface area contributed by atoms with Gasteiger partial charge >= 0.3 is 5.97 Å². The van der Waals surface area contributed by atoms with Crippen LogP contribution in [0.3, 0.4) is 0 Å². The van der Waals surface area contributed by atoms with Gasteiger partial charge in [0.2, 0.25) is 10.0 Å². The number of halogens is 1. The van der Waals surface area contributed by atoms with E-state index >= 15 is 0 Å². The van der Waals surface area contributed by atoms with Crippen molar-refractivity contribution in [1.29, 1.82) is 0 Å². The van der Waals surface area contributed by atoms with E-state index in [2.05, 4.69) is 15.6 Å². The Morgan fingerprint density at radius 3 is 2.71 bits per heavy atom. The molecule has 7 nitrogen and oxygen atoms in total. The van der Waals surface area contributed by atoms with E-state index in [9.17, 15) is 17.6 Å². The molecule has 0 saturated carbocycles. The number of carbonyl (C=O) groups is 1. The van der Waals surface area contributed by atoms with Crippen molar-refractivity contribution in [2.24, 2.45) is 0 Å². The SMILES string of the molecule is C#CCNS(=O)(=O)c1cccc(C(=O)OCc2csc(COc3ccc(F)cc3)n2)c1. The molecular weight excluding hydrogens is 443 g/mol. The highest BCUT2D eigenvalue weighted by Gasteiger charge is 2.16. The van der Waals surface area contributed by atoms with Gasteiger partial charge in [0.1, 0.15) is 29.8 Å². The number of rotatable bonds is 9. The Hall–Kier alpha value is -3.26. The molecule has 1 heterocycles. The number of aromatic nitrogens is 1. The zero-order valence-electron chi connectivity index (χ0n) is 16.1. The highest BCUT2D eigenvalue weighted by molar-refractivity contribution is 7.89. The minimum atomic E-state index is -3.82. The second-order valence-electron chi connectivity index (χ2n) is 6.11. The molecule has 0 aliphatic heterocycles. The number of nitrogens with zero attached hydrogens (tertiary/aromatic N) is 1. The number of nitrogens with one attached hydrogen (secondary N) is 1. The van der Waals surface area contributed by atoms with Gasteiger partial charge in [-0.25, -0.2) is 22.6 Å². The molecule has 0 radical (unpaired) electrons. The van der Waals surface area contributed by atoms with Crippen LogP contribution in [0.5, 0.6) is 5.75 Å². The van der Waals surface area contributed by atoms with Crippen molar-refractivity contribution in [3.63, 3.8) is 0 Å². The molecule has 31 heavy (non-hydrogen) atoms. The van der Waals surface area contributed by atoms with E-state index in [0.29, 0.717) is 16.5 Å². The van der Waals surface area contributed by atoms with Crippen molar-refractivity contribution in [1.82, 2.24) is 9.71 Å². The highest BCUT2D eigenvalue weighted by Crippen LogP contribution is 2.17. The lowest BCUT2D eigenvalue weighted by Gasteiger charge is -2.07. The molecule has 1 aromatic heterocycles. The largest absolute Gasteiger partial charge is 0.486 e. The van der Waals surface area contributed by atoms with Crippen LogP contribution in [0.25, 0.3) is 0 Å². The summed E-state index contributed by atoms with van der Waals surface area (Å²) in [5, 5.41) is 2.38. The van der Waals surface area contributed by atoms with Crippen LogP contribution < -0.4 is 9.46 Å². The van der Waals surface area contributed by atoms with Crippen molar-refractivity contribution >= 4 is 27.3 Å². The van der Waals surface area contributed by atoms with Gasteiger partial charge in [-0.3, -0.25) is 0 Å². The Morgan fingerprint density at radius 2 is 1.97 bits per heavy atom. The fourth-order valence-corrected chi connectivity index (χ4v) is 4.06. The van der Waals surface area contributed by atoms with E-state index in [0.717, 1.165) is 0 Å². The first-order chi connectivity index (χ1) is 14.9. The molecule has 3 aromatic rings. The molecule has 0 aliphatic rings. The third-order valence-electron chi connectivity index (χ3n) is 3.87. The molecular formula is C21H17FN2O5S2. The summed E-state index contributed by atoms with van der Waals surface area (Å²) in [6.07, 6.45) is 5.06. The van der Waals surface area contributed by atoms with Crippen molar-refractivity contribution in [3.05, 3.63) is 76.0 Å². The van der Waals surface area contributed by atoms with Crippen molar-refractivity contribution in [2.75, 3.05) is 6.54 Å². The molecule has 0 amide bonds. The summed E-state index contributed by atoms with van der Waals surface area (Å²) in [6.45, 7) is -0.0545. The second-order valence-corrected chi connectivity index (χ2v) is 8.82. The van der Waals surface area contributed by atoms with Crippen LogP contribution in [0.15, 0.2) is 58.8 Å². The molecule has 0 aliphatic carbocycles. The van der Waals surface area contributed by atoms with Crippen LogP contribution in [0.1, 0.15) is 21.1 Å². The van der Waals surface area contributed by atoms with Crippen LogP contribution in [0.2, 0.25) is 0 Å². The monoisotopic (exact) mass is 460 g/mol. The van der Waals surface area contributed by atoms with Crippen molar-refractivity contribution in [3.8, 4) is 18.1 Å². The molecule has 10 heteroatoms. The first-order valence-electron chi connectivity index (χ1n) is 8.89. The van der Waals surface area contributed by atoms with Crippen molar-refractivity contribution in [2.45, 2.75) is 18.1 Å². The van der Waals surface area contributed by atoms with E-state index in [1.165, 1.54) is 59.9 Å². The summed E-state index contributed by atoms with van der Waals surface area (Å²) in [5.41, 5.74) is 0.606. The lowest BCUT2D eigenvalue weighted by Crippen LogP contribution is -2.24. The van der Waals surface area contributed by atoms with Gasteiger partial charge < -0.3 is 9.47 Å². The Bertz CT molecular complexity index is 1200. The second kappa shape index (κ2) is 10.2. The average Bonchev–Trinajstić information content (AvgIpc) is 3.23. The predicted octanol–water partition coefficient (Wildman–Crippen LogP) is 3.13.